The van der Waals surface area contributed by atoms with E-state index in [1.807, 2.05) is 36.4 Å². The summed E-state index contributed by atoms with van der Waals surface area (Å²) in [5, 5.41) is 11.5. The van der Waals surface area contributed by atoms with Gasteiger partial charge in [0, 0.05) is 34.0 Å². The Balaban J connectivity index is 1.54. The van der Waals surface area contributed by atoms with Crippen LogP contribution in [0, 0.1) is 44.6 Å². The van der Waals surface area contributed by atoms with Gasteiger partial charge in [0.15, 0.2) is 11.6 Å². The van der Waals surface area contributed by atoms with E-state index in [1.54, 1.807) is 12.2 Å². The second-order valence-corrected chi connectivity index (χ2v) is 12.6. The van der Waals surface area contributed by atoms with Gasteiger partial charge in [0.2, 0.25) is 0 Å². The molecule has 5 rings (SSSR count). The first-order valence-electron chi connectivity index (χ1n) is 13.2. The molecule has 7 atom stereocenters. The molecule has 8 heteroatoms. The topological polar surface area (TPSA) is 104 Å². The molecule has 0 radical (unpaired) electrons. The third-order valence-electron chi connectivity index (χ3n) is 9.39. The van der Waals surface area contributed by atoms with E-state index in [0.29, 0.717) is 12.8 Å². The highest BCUT2D eigenvalue weighted by Crippen LogP contribution is 2.66. The van der Waals surface area contributed by atoms with Crippen molar-refractivity contribution in [3.63, 3.8) is 0 Å². The van der Waals surface area contributed by atoms with E-state index in [0.717, 1.165) is 23.3 Å². The summed E-state index contributed by atoms with van der Waals surface area (Å²) in [4.78, 5) is 50.4. The lowest BCUT2D eigenvalue weighted by atomic mass is 9.52. The number of carbonyl (C=O) groups is 3. The minimum absolute atomic E-state index is 0.0148. The molecule has 200 valence electrons. The molecule has 0 amide bonds. The number of fused-ring (bicyclic) bond motifs is 5. The van der Waals surface area contributed by atoms with Crippen LogP contribution in [0.25, 0.3) is 0 Å². The summed E-state index contributed by atoms with van der Waals surface area (Å²) < 4.78 is 5.12. The van der Waals surface area contributed by atoms with E-state index in [2.05, 4.69) is 19.9 Å². The highest BCUT2D eigenvalue weighted by molar-refractivity contribution is 7.99. The Morgan fingerprint density at radius 2 is 1.97 bits per heavy atom. The summed E-state index contributed by atoms with van der Waals surface area (Å²) >= 11 is 1.20. The molecular weight excluding hydrogens is 502 g/mol. The number of carbonyl (C=O) groups excluding carboxylic acids is 3. The van der Waals surface area contributed by atoms with Crippen molar-refractivity contribution < 1.29 is 24.0 Å². The Bertz CT molecular complexity index is 1270. The second kappa shape index (κ2) is 9.95. The van der Waals surface area contributed by atoms with Crippen LogP contribution in [-0.4, -0.2) is 34.4 Å². The molecule has 1 aromatic carbocycles. The summed E-state index contributed by atoms with van der Waals surface area (Å²) in [7, 11) is 0. The van der Waals surface area contributed by atoms with Gasteiger partial charge in [-0.05, 0) is 85.9 Å². The lowest BCUT2D eigenvalue weighted by Gasteiger charge is -2.52. The van der Waals surface area contributed by atoms with Crippen LogP contribution in [0.4, 0.5) is 0 Å². The van der Waals surface area contributed by atoms with Gasteiger partial charge >= 0.3 is 5.97 Å². The third kappa shape index (κ3) is 4.46. The summed E-state index contributed by atoms with van der Waals surface area (Å²) in [5.41, 5.74) is 1.56. The summed E-state index contributed by atoms with van der Waals surface area (Å²) in [6.07, 6.45) is 10.4. The zero-order valence-corrected chi connectivity index (χ0v) is 22.7. The number of benzene rings is 1. The van der Waals surface area contributed by atoms with Gasteiger partial charge in [-0.3, -0.25) is 24.5 Å². The van der Waals surface area contributed by atoms with Crippen LogP contribution >= 0.6 is 11.8 Å². The van der Waals surface area contributed by atoms with Crippen molar-refractivity contribution in [1.29, 1.82) is 0 Å². The van der Waals surface area contributed by atoms with E-state index in [1.165, 1.54) is 24.3 Å². The number of Topliss-reactive ketones (excluding diaryl/α,β-unsaturated/α-hetero) is 1. The van der Waals surface area contributed by atoms with Crippen LogP contribution in [0.1, 0.15) is 46.5 Å². The van der Waals surface area contributed by atoms with Gasteiger partial charge in [0.1, 0.15) is 6.61 Å². The van der Waals surface area contributed by atoms with Crippen molar-refractivity contribution in [1.82, 2.24) is 0 Å². The van der Waals surface area contributed by atoms with E-state index >= 15 is 0 Å². The molecule has 2 fully saturated rings. The highest BCUT2D eigenvalue weighted by Gasteiger charge is 2.63. The van der Waals surface area contributed by atoms with Crippen LogP contribution in [0.15, 0.2) is 70.7 Å². The number of allylic oxidation sites excluding steroid dienone is 6. The molecule has 2 saturated carbocycles. The number of ether oxygens (including phenoxy) is 1. The molecule has 7 nitrogen and oxygen atoms in total. The molecule has 0 N–H and O–H groups in total. The number of rotatable bonds is 7. The van der Waals surface area contributed by atoms with Crippen LogP contribution in [-0.2, 0) is 19.1 Å². The first kappa shape index (κ1) is 26.6. The molecule has 0 bridgehead atoms. The van der Waals surface area contributed by atoms with Gasteiger partial charge in [0.05, 0.1) is 0 Å². The van der Waals surface area contributed by atoms with Crippen LogP contribution in [0.5, 0.6) is 0 Å². The Labute approximate surface area is 226 Å². The fourth-order valence-electron chi connectivity index (χ4n) is 7.70. The van der Waals surface area contributed by atoms with Crippen molar-refractivity contribution in [2.24, 2.45) is 34.5 Å². The highest BCUT2D eigenvalue weighted by atomic mass is 32.2. The maximum atomic E-state index is 13.7. The quantitative estimate of drug-likeness (QED) is 0.112. The van der Waals surface area contributed by atoms with Crippen molar-refractivity contribution in [3.8, 4) is 0 Å². The smallest absolute Gasteiger partial charge is 0.303 e. The fourth-order valence-corrected chi connectivity index (χ4v) is 8.82. The van der Waals surface area contributed by atoms with E-state index < -0.39 is 28.6 Å². The van der Waals surface area contributed by atoms with E-state index in [9.17, 15) is 24.5 Å². The fraction of sp³-hybridized carbons (Fsp3) is 0.500. The Kier molecular flexibility index (Phi) is 6.97. The Morgan fingerprint density at radius 3 is 2.66 bits per heavy atom. The second-order valence-electron chi connectivity index (χ2n) is 11.5. The number of thioether (sulfide) groups is 1. The average Bonchev–Trinajstić information content (AvgIpc) is 3.19. The third-order valence-corrected chi connectivity index (χ3v) is 10.7. The van der Waals surface area contributed by atoms with Crippen LogP contribution in [0.2, 0.25) is 0 Å². The molecule has 1 unspecified atom stereocenters. The zero-order chi connectivity index (χ0) is 27.2. The molecule has 0 saturated heterocycles. The van der Waals surface area contributed by atoms with Gasteiger partial charge in [-0.2, -0.15) is 0 Å². The largest absolute Gasteiger partial charge is 0.458 e. The summed E-state index contributed by atoms with van der Waals surface area (Å²) in [6, 6.07) is 9.28. The monoisotopic (exact) mass is 535 g/mol. The molecule has 4 aliphatic rings. The van der Waals surface area contributed by atoms with Crippen LogP contribution < -0.4 is 0 Å². The average molecular weight is 536 g/mol. The van der Waals surface area contributed by atoms with Gasteiger partial charge in [-0.25, -0.2) is 0 Å². The minimum atomic E-state index is -1.00. The molecule has 0 heterocycles. The van der Waals surface area contributed by atoms with Crippen molar-refractivity contribution in [2.45, 2.75) is 56.7 Å². The van der Waals surface area contributed by atoms with E-state index in [4.69, 9.17) is 4.74 Å². The first-order valence-corrected chi connectivity index (χ1v) is 14.1. The molecule has 0 aliphatic heterocycles. The van der Waals surface area contributed by atoms with Gasteiger partial charge in [-0.1, -0.05) is 48.4 Å². The lowest BCUT2D eigenvalue weighted by molar-refractivity contribution is -0.505. The number of nitro groups is 1. The SMILES string of the molecule is CC(=O)OCC(=O)[C@H]1[C@@H](C(Sc2ccccc2)[N+](=O)[O-])C[C@H]2[C@@H]3CCC4=CC(=O)C=C[C@]4(C)C3=CC[C@@]21C. The number of esters is 1. The summed E-state index contributed by atoms with van der Waals surface area (Å²) in [6.45, 7) is 5.15. The number of nitrogens with zero attached hydrogens (tertiary/aromatic N) is 1. The number of hydrogen-bond acceptors (Lipinski definition) is 7. The summed E-state index contributed by atoms with van der Waals surface area (Å²) in [5.74, 6) is -1.64. The standard InChI is InChI=1S/C30H33NO6S/c1-18(32)37-17-26(34)27-23(28(31(35)36)38-21-7-5-4-6-8-21)16-25-22-10-9-19-15-20(33)11-13-29(19,2)24(22)12-14-30(25,27)3/h4-8,11-13,15,22-23,25,27-28H,9-10,14,16-17H2,1-3H3/t22-,23+,25+,27-,28?,29+,30+/m1/s1. The molecule has 0 spiro atoms. The molecular formula is C30H33NO6S. The first-order chi connectivity index (χ1) is 18.0. The molecule has 1 aromatic rings. The lowest BCUT2D eigenvalue weighted by Crippen LogP contribution is -2.46. The normalized spacial score (nSPS) is 34.2. The van der Waals surface area contributed by atoms with Crippen molar-refractivity contribution >= 4 is 29.3 Å². The van der Waals surface area contributed by atoms with Crippen molar-refractivity contribution in [2.75, 3.05) is 6.61 Å². The molecule has 4 aliphatic carbocycles. The number of hydrogen-bond donors (Lipinski definition) is 0. The van der Waals surface area contributed by atoms with Gasteiger partial charge in [-0.15, -0.1) is 0 Å². The van der Waals surface area contributed by atoms with Gasteiger partial charge in [0.25, 0.3) is 5.37 Å². The molecule has 0 aromatic heterocycles. The maximum Gasteiger partial charge on any atom is 0.303 e. The van der Waals surface area contributed by atoms with Crippen molar-refractivity contribution in [3.05, 3.63) is 75.9 Å². The molecule has 38 heavy (non-hydrogen) atoms. The van der Waals surface area contributed by atoms with Crippen LogP contribution in [0.3, 0.4) is 0 Å². The Morgan fingerprint density at radius 1 is 1.24 bits per heavy atom. The predicted octanol–water partition coefficient (Wildman–Crippen LogP) is 5.58. The maximum absolute atomic E-state index is 13.7. The number of ketones is 2. The predicted molar refractivity (Wildman–Crippen MR) is 144 cm³/mol. The Hall–Kier alpha value is -3.00. The minimum Gasteiger partial charge on any atom is -0.458 e. The zero-order valence-electron chi connectivity index (χ0n) is 21.9. The van der Waals surface area contributed by atoms with E-state index in [-0.39, 0.29) is 40.3 Å². The van der Waals surface area contributed by atoms with Gasteiger partial charge < -0.3 is 4.74 Å².